The molecule has 0 bridgehead atoms. The van der Waals surface area contributed by atoms with Crippen molar-refractivity contribution < 1.29 is 14.3 Å². The van der Waals surface area contributed by atoms with Gasteiger partial charge in [0.15, 0.2) is 11.5 Å². The summed E-state index contributed by atoms with van der Waals surface area (Å²) in [5.41, 5.74) is 4.26. The number of methoxy groups -OCH3 is 2. The SMILES string of the molecule is COc1ccc(-c2nn(-c3ccccc3)cc2/C=C/C(=O)NCc2ccncc2)cc1OC. The third-order valence-corrected chi connectivity index (χ3v) is 5.05. The lowest BCUT2D eigenvalue weighted by atomic mass is 10.1. The summed E-state index contributed by atoms with van der Waals surface area (Å²) in [5.74, 6) is 1.04. The van der Waals surface area contributed by atoms with Gasteiger partial charge < -0.3 is 14.8 Å². The number of hydrogen-bond donors (Lipinski definition) is 1. The number of pyridine rings is 1. The quantitative estimate of drug-likeness (QED) is 0.414. The number of para-hydroxylation sites is 1. The number of amides is 1. The maximum atomic E-state index is 12.4. The molecule has 166 valence electrons. The third kappa shape index (κ3) is 5.27. The Morgan fingerprint density at radius 1 is 1.00 bits per heavy atom. The Morgan fingerprint density at radius 2 is 1.76 bits per heavy atom. The fourth-order valence-corrected chi connectivity index (χ4v) is 3.34. The summed E-state index contributed by atoms with van der Waals surface area (Å²) in [7, 11) is 3.19. The smallest absolute Gasteiger partial charge is 0.244 e. The van der Waals surface area contributed by atoms with Crippen LogP contribution in [-0.2, 0) is 11.3 Å². The second-order valence-corrected chi connectivity index (χ2v) is 7.19. The zero-order valence-electron chi connectivity index (χ0n) is 18.4. The predicted octanol–water partition coefficient (Wildman–Crippen LogP) is 4.28. The van der Waals surface area contributed by atoms with Gasteiger partial charge in [-0.05, 0) is 54.1 Å². The lowest BCUT2D eigenvalue weighted by Crippen LogP contribution is -2.20. The Hall–Kier alpha value is -4.39. The first-order valence-electron chi connectivity index (χ1n) is 10.4. The molecule has 0 saturated carbocycles. The molecule has 2 aromatic carbocycles. The Bertz CT molecular complexity index is 1250. The van der Waals surface area contributed by atoms with Crippen LogP contribution in [0.4, 0.5) is 0 Å². The molecule has 4 rings (SSSR count). The first-order valence-corrected chi connectivity index (χ1v) is 10.4. The van der Waals surface area contributed by atoms with Gasteiger partial charge in [0, 0.05) is 42.3 Å². The Kier molecular flexibility index (Phi) is 6.80. The van der Waals surface area contributed by atoms with E-state index in [2.05, 4.69) is 10.3 Å². The van der Waals surface area contributed by atoms with E-state index in [0.717, 1.165) is 28.1 Å². The van der Waals surface area contributed by atoms with Crippen LogP contribution in [-0.4, -0.2) is 34.9 Å². The van der Waals surface area contributed by atoms with Crippen molar-refractivity contribution in [1.29, 1.82) is 0 Å². The second kappa shape index (κ2) is 10.3. The number of hydrogen-bond acceptors (Lipinski definition) is 5. The fraction of sp³-hybridized carbons (Fsp3) is 0.115. The number of rotatable bonds is 8. The maximum Gasteiger partial charge on any atom is 0.244 e. The summed E-state index contributed by atoms with van der Waals surface area (Å²) in [5, 5.41) is 7.67. The van der Waals surface area contributed by atoms with Crippen LogP contribution in [0.3, 0.4) is 0 Å². The van der Waals surface area contributed by atoms with Crippen molar-refractivity contribution in [2.24, 2.45) is 0 Å². The minimum atomic E-state index is -0.197. The van der Waals surface area contributed by atoms with E-state index in [1.807, 2.05) is 66.9 Å². The fourth-order valence-electron chi connectivity index (χ4n) is 3.34. The van der Waals surface area contributed by atoms with Crippen LogP contribution < -0.4 is 14.8 Å². The Balaban J connectivity index is 1.64. The summed E-state index contributed by atoms with van der Waals surface area (Å²) in [6.45, 7) is 0.428. The third-order valence-electron chi connectivity index (χ3n) is 5.05. The van der Waals surface area contributed by atoms with E-state index in [0.29, 0.717) is 18.0 Å². The normalized spacial score (nSPS) is 10.8. The topological polar surface area (TPSA) is 78.3 Å². The molecule has 0 aliphatic rings. The molecule has 0 spiro atoms. The minimum absolute atomic E-state index is 0.197. The van der Waals surface area contributed by atoms with Gasteiger partial charge in [-0.15, -0.1) is 0 Å². The Labute approximate surface area is 192 Å². The molecule has 33 heavy (non-hydrogen) atoms. The molecular weight excluding hydrogens is 416 g/mol. The van der Waals surface area contributed by atoms with Gasteiger partial charge in [-0.2, -0.15) is 5.10 Å². The van der Waals surface area contributed by atoms with E-state index in [-0.39, 0.29) is 5.91 Å². The van der Waals surface area contributed by atoms with Crippen LogP contribution >= 0.6 is 0 Å². The molecule has 2 heterocycles. The molecule has 0 aliphatic carbocycles. The van der Waals surface area contributed by atoms with Gasteiger partial charge in [-0.3, -0.25) is 9.78 Å². The molecule has 2 aromatic heterocycles. The lowest BCUT2D eigenvalue weighted by Gasteiger charge is -2.09. The molecule has 0 aliphatic heterocycles. The van der Waals surface area contributed by atoms with Crippen LogP contribution in [0.25, 0.3) is 23.0 Å². The summed E-state index contributed by atoms with van der Waals surface area (Å²) >= 11 is 0. The van der Waals surface area contributed by atoms with E-state index in [4.69, 9.17) is 14.6 Å². The molecule has 0 radical (unpaired) electrons. The number of ether oxygens (including phenoxy) is 2. The zero-order valence-corrected chi connectivity index (χ0v) is 18.4. The summed E-state index contributed by atoms with van der Waals surface area (Å²) in [4.78, 5) is 16.4. The van der Waals surface area contributed by atoms with Crippen molar-refractivity contribution in [3.8, 4) is 28.4 Å². The second-order valence-electron chi connectivity index (χ2n) is 7.19. The van der Waals surface area contributed by atoms with Crippen molar-refractivity contribution in [1.82, 2.24) is 20.1 Å². The van der Waals surface area contributed by atoms with Gasteiger partial charge >= 0.3 is 0 Å². The van der Waals surface area contributed by atoms with Crippen LogP contribution in [0.5, 0.6) is 11.5 Å². The summed E-state index contributed by atoms with van der Waals surface area (Å²) in [6, 6.07) is 19.2. The lowest BCUT2D eigenvalue weighted by molar-refractivity contribution is -0.116. The van der Waals surface area contributed by atoms with Crippen LogP contribution in [0.1, 0.15) is 11.1 Å². The predicted molar refractivity (Wildman–Crippen MR) is 127 cm³/mol. The Morgan fingerprint density at radius 3 is 2.48 bits per heavy atom. The molecule has 1 amide bonds. The number of carbonyl (C=O) groups excluding carboxylic acids is 1. The highest BCUT2D eigenvalue weighted by molar-refractivity contribution is 5.92. The van der Waals surface area contributed by atoms with E-state index < -0.39 is 0 Å². The van der Waals surface area contributed by atoms with E-state index in [1.54, 1.807) is 37.4 Å². The van der Waals surface area contributed by atoms with Gasteiger partial charge in [0.1, 0.15) is 5.69 Å². The van der Waals surface area contributed by atoms with Crippen LogP contribution in [0.15, 0.2) is 85.3 Å². The average molecular weight is 441 g/mol. The molecule has 1 N–H and O–H groups in total. The maximum absolute atomic E-state index is 12.4. The number of nitrogens with one attached hydrogen (secondary N) is 1. The van der Waals surface area contributed by atoms with Crippen molar-refractivity contribution in [3.05, 3.63) is 96.5 Å². The molecule has 7 nitrogen and oxygen atoms in total. The average Bonchev–Trinajstić information content (AvgIpc) is 3.31. The largest absolute Gasteiger partial charge is 0.493 e. The van der Waals surface area contributed by atoms with Gasteiger partial charge in [0.05, 0.1) is 19.9 Å². The first-order chi connectivity index (χ1) is 16.2. The molecule has 0 saturated heterocycles. The molecular formula is C26H24N4O3. The van der Waals surface area contributed by atoms with E-state index >= 15 is 0 Å². The van der Waals surface area contributed by atoms with Crippen LogP contribution in [0.2, 0.25) is 0 Å². The monoisotopic (exact) mass is 440 g/mol. The molecule has 7 heteroatoms. The number of aromatic nitrogens is 3. The van der Waals surface area contributed by atoms with Crippen molar-refractivity contribution in [2.45, 2.75) is 6.54 Å². The van der Waals surface area contributed by atoms with Gasteiger partial charge in [-0.25, -0.2) is 4.68 Å². The van der Waals surface area contributed by atoms with Crippen molar-refractivity contribution in [2.75, 3.05) is 14.2 Å². The van der Waals surface area contributed by atoms with Gasteiger partial charge in [0.25, 0.3) is 0 Å². The highest BCUT2D eigenvalue weighted by atomic mass is 16.5. The number of nitrogens with zero attached hydrogens (tertiary/aromatic N) is 3. The first kappa shape index (κ1) is 21.8. The minimum Gasteiger partial charge on any atom is -0.493 e. The summed E-state index contributed by atoms with van der Waals surface area (Å²) in [6.07, 6.45) is 8.57. The van der Waals surface area contributed by atoms with Crippen molar-refractivity contribution >= 4 is 12.0 Å². The highest BCUT2D eigenvalue weighted by Gasteiger charge is 2.14. The van der Waals surface area contributed by atoms with E-state index in [9.17, 15) is 4.79 Å². The van der Waals surface area contributed by atoms with E-state index in [1.165, 1.54) is 6.08 Å². The van der Waals surface area contributed by atoms with Gasteiger partial charge in [0.2, 0.25) is 5.91 Å². The zero-order chi connectivity index (χ0) is 23.0. The molecule has 0 atom stereocenters. The molecule has 0 fully saturated rings. The summed E-state index contributed by atoms with van der Waals surface area (Å²) < 4.78 is 12.6. The molecule has 4 aromatic rings. The number of carbonyl (C=O) groups is 1. The van der Waals surface area contributed by atoms with Crippen LogP contribution in [0, 0.1) is 0 Å². The van der Waals surface area contributed by atoms with Gasteiger partial charge in [-0.1, -0.05) is 18.2 Å². The highest BCUT2D eigenvalue weighted by Crippen LogP contribution is 2.33. The standard InChI is InChI=1S/C26H24N4O3/c1-32-23-10-8-20(16-24(23)33-2)26-21(18-30(29-26)22-6-4-3-5-7-22)9-11-25(31)28-17-19-12-14-27-15-13-19/h3-16,18H,17H2,1-2H3,(H,28,31)/b11-9+. The van der Waals surface area contributed by atoms with Crippen molar-refractivity contribution in [3.63, 3.8) is 0 Å². The number of benzene rings is 2. The molecule has 0 unspecified atom stereocenters.